The van der Waals surface area contributed by atoms with Crippen LogP contribution in [-0.4, -0.2) is 22.4 Å². The summed E-state index contributed by atoms with van der Waals surface area (Å²) in [5, 5.41) is 2.65. The molecule has 64 valence electrons. The van der Waals surface area contributed by atoms with Crippen LogP contribution in [0.2, 0.25) is 0 Å². The molecule has 0 radical (unpaired) electrons. The van der Waals surface area contributed by atoms with Gasteiger partial charge in [0.1, 0.15) is 5.69 Å². The number of rotatable bonds is 2. The van der Waals surface area contributed by atoms with Crippen LogP contribution in [0.25, 0.3) is 0 Å². The molecule has 1 heterocycles. The predicted octanol–water partition coefficient (Wildman–Crippen LogP) is 0.535. The molecule has 1 aromatic heterocycles. The lowest BCUT2D eigenvalue weighted by Crippen LogP contribution is -2.24. The van der Waals surface area contributed by atoms with Crippen molar-refractivity contribution in [2.24, 2.45) is 0 Å². The van der Waals surface area contributed by atoms with Gasteiger partial charge in [-0.05, 0) is 13.8 Å². The summed E-state index contributed by atoms with van der Waals surface area (Å²) in [4.78, 5) is 19.1. The number of carbonyl (C=O) groups excluding carboxylic acids is 1. The first-order valence-corrected chi connectivity index (χ1v) is 3.81. The van der Waals surface area contributed by atoms with Crippen LogP contribution in [0.4, 0.5) is 0 Å². The van der Waals surface area contributed by atoms with Crippen LogP contribution < -0.4 is 5.32 Å². The first kappa shape index (κ1) is 8.64. The molecule has 0 saturated carbocycles. The second kappa shape index (κ2) is 3.80. The molecular formula is C8H11N3O. The molecule has 0 aliphatic rings. The van der Waals surface area contributed by atoms with Crippen LogP contribution in [0.5, 0.6) is 0 Å². The van der Waals surface area contributed by atoms with Crippen molar-refractivity contribution in [3.63, 3.8) is 0 Å². The highest BCUT2D eigenvalue weighted by Gasteiger charge is 2.04. The van der Waals surface area contributed by atoms with Crippen molar-refractivity contribution in [1.29, 1.82) is 0 Å². The standard InChI is InChI=1S/C8H11N3O/c1-3-10-8(12)7-5-9-4-6(2)11-7/h4-5H,3H2,1-2H3,(H,10,12). The van der Waals surface area contributed by atoms with E-state index in [1.54, 1.807) is 13.1 Å². The fraction of sp³-hybridized carbons (Fsp3) is 0.375. The monoisotopic (exact) mass is 165 g/mol. The van der Waals surface area contributed by atoms with Crippen LogP contribution in [-0.2, 0) is 0 Å². The molecule has 0 spiro atoms. The summed E-state index contributed by atoms with van der Waals surface area (Å²) in [6.45, 7) is 4.27. The number of hydrogen-bond donors (Lipinski definition) is 1. The molecule has 0 atom stereocenters. The number of aromatic nitrogens is 2. The summed E-state index contributed by atoms with van der Waals surface area (Å²) in [7, 11) is 0. The van der Waals surface area contributed by atoms with Crippen molar-refractivity contribution in [1.82, 2.24) is 15.3 Å². The second-order valence-corrected chi connectivity index (χ2v) is 2.41. The van der Waals surface area contributed by atoms with E-state index in [2.05, 4.69) is 15.3 Å². The van der Waals surface area contributed by atoms with E-state index in [-0.39, 0.29) is 5.91 Å². The molecule has 12 heavy (non-hydrogen) atoms. The van der Waals surface area contributed by atoms with Gasteiger partial charge < -0.3 is 5.32 Å². The molecule has 0 aliphatic heterocycles. The average molecular weight is 165 g/mol. The third-order valence-corrected chi connectivity index (χ3v) is 1.32. The number of nitrogens with one attached hydrogen (secondary N) is 1. The Bertz CT molecular complexity index is 285. The summed E-state index contributed by atoms with van der Waals surface area (Å²) in [6.07, 6.45) is 3.07. The van der Waals surface area contributed by atoms with Gasteiger partial charge in [-0.1, -0.05) is 0 Å². The smallest absolute Gasteiger partial charge is 0.271 e. The van der Waals surface area contributed by atoms with E-state index in [1.165, 1.54) is 6.20 Å². The van der Waals surface area contributed by atoms with E-state index in [4.69, 9.17) is 0 Å². The van der Waals surface area contributed by atoms with Gasteiger partial charge in [-0.25, -0.2) is 4.98 Å². The maximum Gasteiger partial charge on any atom is 0.271 e. The van der Waals surface area contributed by atoms with Crippen LogP contribution in [0.15, 0.2) is 12.4 Å². The van der Waals surface area contributed by atoms with E-state index in [9.17, 15) is 4.79 Å². The van der Waals surface area contributed by atoms with E-state index < -0.39 is 0 Å². The fourth-order valence-corrected chi connectivity index (χ4v) is 0.824. The predicted molar refractivity (Wildman–Crippen MR) is 44.8 cm³/mol. The van der Waals surface area contributed by atoms with Gasteiger partial charge in [0.05, 0.1) is 11.9 Å². The molecule has 1 N–H and O–H groups in total. The van der Waals surface area contributed by atoms with Gasteiger partial charge in [0.2, 0.25) is 0 Å². The van der Waals surface area contributed by atoms with Crippen molar-refractivity contribution in [2.45, 2.75) is 13.8 Å². The summed E-state index contributed by atoms with van der Waals surface area (Å²) >= 11 is 0. The summed E-state index contributed by atoms with van der Waals surface area (Å²) in [6, 6.07) is 0. The number of carbonyl (C=O) groups is 1. The Morgan fingerprint density at radius 3 is 2.92 bits per heavy atom. The lowest BCUT2D eigenvalue weighted by Gasteiger charge is -2.00. The van der Waals surface area contributed by atoms with Crippen LogP contribution in [0, 0.1) is 6.92 Å². The van der Waals surface area contributed by atoms with Gasteiger partial charge in [-0.15, -0.1) is 0 Å². The third-order valence-electron chi connectivity index (χ3n) is 1.32. The summed E-state index contributed by atoms with van der Waals surface area (Å²) < 4.78 is 0. The molecule has 0 fully saturated rings. The third kappa shape index (κ3) is 2.02. The van der Waals surface area contributed by atoms with Gasteiger partial charge in [-0.2, -0.15) is 0 Å². The lowest BCUT2D eigenvalue weighted by molar-refractivity contribution is 0.0950. The van der Waals surface area contributed by atoms with E-state index in [0.29, 0.717) is 12.2 Å². The van der Waals surface area contributed by atoms with Crippen molar-refractivity contribution in [3.8, 4) is 0 Å². The van der Waals surface area contributed by atoms with Gasteiger partial charge in [0, 0.05) is 12.7 Å². The lowest BCUT2D eigenvalue weighted by atomic mass is 10.4. The Morgan fingerprint density at radius 1 is 1.58 bits per heavy atom. The highest BCUT2D eigenvalue weighted by atomic mass is 16.1. The molecule has 1 amide bonds. The van der Waals surface area contributed by atoms with E-state index in [0.717, 1.165) is 5.69 Å². The SMILES string of the molecule is CCNC(=O)c1cncc(C)n1. The number of nitrogens with zero attached hydrogens (tertiary/aromatic N) is 2. The van der Waals surface area contributed by atoms with E-state index >= 15 is 0 Å². The minimum atomic E-state index is -0.172. The molecular weight excluding hydrogens is 154 g/mol. The fourth-order valence-electron chi connectivity index (χ4n) is 0.824. The zero-order chi connectivity index (χ0) is 8.97. The Kier molecular flexibility index (Phi) is 2.74. The molecule has 0 aromatic carbocycles. The minimum absolute atomic E-state index is 0.172. The average Bonchev–Trinajstić information content (AvgIpc) is 2.05. The summed E-state index contributed by atoms with van der Waals surface area (Å²) in [5.41, 5.74) is 1.12. The normalized spacial score (nSPS) is 9.50. The van der Waals surface area contributed by atoms with Crippen molar-refractivity contribution in [2.75, 3.05) is 6.54 Å². The highest BCUT2D eigenvalue weighted by Crippen LogP contribution is 1.93. The molecule has 0 bridgehead atoms. The topological polar surface area (TPSA) is 54.9 Å². The Balaban J connectivity index is 2.81. The van der Waals surface area contributed by atoms with Gasteiger partial charge in [0.15, 0.2) is 0 Å². The number of amides is 1. The molecule has 0 unspecified atom stereocenters. The maximum atomic E-state index is 11.2. The molecule has 0 saturated heterocycles. The molecule has 1 rings (SSSR count). The van der Waals surface area contributed by atoms with Crippen molar-refractivity contribution >= 4 is 5.91 Å². The highest BCUT2D eigenvalue weighted by molar-refractivity contribution is 5.91. The van der Waals surface area contributed by atoms with E-state index in [1.807, 2.05) is 6.92 Å². The van der Waals surface area contributed by atoms with Crippen LogP contribution in [0.1, 0.15) is 23.1 Å². The first-order valence-electron chi connectivity index (χ1n) is 3.81. The number of hydrogen-bond acceptors (Lipinski definition) is 3. The van der Waals surface area contributed by atoms with Gasteiger partial charge >= 0.3 is 0 Å². The first-order chi connectivity index (χ1) is 5.74. The Hall–Kier alpha value is -1.45. The second-order valence-electron chi connectivity index (χ2n) is 2.41. The Morgan fingerprint density at radius 2 is 2.33 bits per heavy atom. The van der Waals surface area contributed by atoms with Crippen LogP contribution >= 0.6 is 0 Å². The maximum absolute atomic E-state index is 11.2. The zero-order valence-electron chi connectivity index (χ0n) is 7.16. The quantitative estimate of drug-likeness (QED) is 0.695. The van der Waals surface area contributed by atoms with Gasteiger partial charge in [-0.3, -0.25) is 9.78 Å². The number of aryl methyl sites for hydroxylation is 1. The van der Waals surface area contributed by atoms with Crippen molar-refractivity contribution in [3.05, 3.63) is 23.8 Å². The molecule has 4 nitrogen and oxygen atoms in total. The minimum Gasteiger partial charge on any atom is -0.351 e. The van der Waals surface area contributed by atoms with Crippen molar-refractivity contribution < 1.29 is 4.79 Å². The Labute approximate surface area is 71.0 Å². The molecule has 0 aliphatic carbocycles. The van der Waals surface area contributed by atoms with Gasteiger partial charge in [0.25, 0.3) is 5.91 Å². The molecule has 1 aromatic rings. The van der Waals surface area contributed by atoms with Crippen LogP contribution in [0.3, 0.4) is 0 Å². The molecule has 4 heteroatoms. The summed E-state index contributed by atoms with van der Waals surface area (Å²) in [5.74, 6) is -0.172. The largest absolute Gasteiger partial charge is 0.351 e. The zero-order valence-corrected chi connectivity index (χ0v) is 7.16.